The Balaban J connectivity index is 2.14. The molecule has 2 atom stereocenters. The molecule has 2 aromatic rings. The Bertz CT molecular complexity index is 591. The van der Waals surface area contributed by atoms with E-state index < -0.39 is 6.43 Å². The molecule has 4 nitrogen and oxygen atoms in total. The van der Waals surface area contributed by atoms with E-state index in [0.29, 0.717) is 0 Å². The number of nitrogens with one attached hydrogen (secondary N) is 1. The van der Waals surface area contributed by atoms with Crippen molar-refractivity contribution in [3.05, 3.63) is 46.6 Å². The Labute approximate surface area is 128 Å². The van der Waals surface area contributed by atoms with E-state index in [4.69, 9.17) is 4.52 Å². The lowest BCUT2D eigenvalue weighted by atomic mass is 10.0. The number of hydrogen-bond donors (Lipinski definition) is 1. The largest absolute Gasteiger partial charge is 0.361 e. The van der Waals surface area contributed by atoms with Gasteiger partial charge in [0.2, 0.25) is 0 Å². The lowest BCUT2D eigenvalue weighted by molar-refractivity contribution is 0.146. The van der Waals surface area contributed by atoms with E-state index in [0.717, 1.165) is 29.0 Å². The summed E-state index contributed by atoms with van der Waals surface area (Å²) in [6.45, 7) is 7.87. The Hall–Kier alpha value is -1.82. The second-order valence-corrected chi connectivity index (χ2v) is 5.40. The first kappa shape index (κ1) is 16.5. The smallest absolute Gasteiger partial charge is 0.280 e. The van der Waals surface area contributed by atoms with Crippen molar-refractivity contribution in [2.24, 2.45) is 0 Å². The number of pyridine rings is 1. The fourth-order valence-electron chi connectivity index (χ4n) is 2.59. The molecule has 0 fully saturated rings. The summed E-state index contributed by atoms with van der Waals surface area (Å²) in [4.78, 5) is 3.81. The zero-order valence-corrected chi connectivity index (χ0v) is 13.2. The molecule has 0 bridgehead atoms. The highest BCUT2D eigenvalue weighted by Crippen LogP contribution is 2.27. The highest BCUT2D eigenvalue weighted by atomic mass is 19.3. The Morgan fingerprint density at radius 3 is 2.45 bits per heavy atom. The van der Waals surface area contributed by atoms with E-state index in [1.807, 2.05) is 20.8 Å². The highest BCUT2D eigenvalue weighted by Gasteiger charge is 2.21. The maximum Gasteiger partial charge on any atom is 0.280 e. The number of nitrogens with zero attached hydrogens (tertiary/aromatic N) is 2. The molecule has 0 aliphatic heterocycles. The summed E-state index contributed by atoms with van der Waals surface area (Å²) in [6, 6.07) is 3.13. The van der Waals surface area contributed by atoms with Crippen molar-refractivity contribution in [1.82, 2.24) is 15.5 Å². The molecule has 0 aliphatic rings. The first-order valence-corrected chi connectivity index (χ1v) is 7.36. The summed E-state index contributed by atoms with van der Waals surface area (Å²) in [5.41, 5.74) is 2.60. The van der Waals surface area contributed by atoms with Crippen molar-refractivity contribution < 1.29 is 13.3 Å². The highest BCUT2D eigenvalue weighted by molar-refractivity contribution is 5.26. The van der Waals surface area contributed by atoms with Gasteiger partial charge in [-0.05, 0) is 38.8 Å². The molecule has 1 N–H and O–H groups in total. The second-order valence-electron chi connectivity index (χ2n) is 5.40. The van der Waals surface area contributed by atoms with Gasteiger partial charge in [-0.1, -0.05) is 18.1 Å². The molecule has 2 unspecified atom stereocenters. The van der Waals surface area contributed by atoms with Crippen molar-refractivity contribution in [1.29, 1.82) is 0 Å². The molecule has 2 heterocycles. The van der Waals surface area contributed by atoms with E-state index in [2.05, 4.69) is 22.4 Å². The van der Waals surface area contributed by atoms with E-state index in [-0.39, 0.29) is 17.8 Å². The number of halogens is 2. The minimum atomic E-state index is -2.54. The molecule has 22 heavy (non-hydrogen) atoms. The summed E-state index contributed by atoms with van der Waals surface area (Å²) >= 11 is 0. The van der Waals surface area contributed by atoms with Crippen LogP contribution < -0.4 is 5.32 Å². The van der Waals surface area contributed by atoms with Crippen molar-refractivity contribution in [2.75, 3.05) is 0 Å². The SMILES string of the molecule is CCC(NC(C)c1ccc(C(F)F)nc1)c1c(C)noc1C. The van der Waals surface area contributed by atoms with Gasteiger partial charge in [-0.15, -0.1) is 0 Å². The van der Waals surface area contributed by atoms with Crippen LogP contribution in [0.15, 0.2) is 22.9 Å². The Morgan fingerprint density at radius 2 is 2.00 bits per heavy atom. The average molecular weight is 309 g/mol. The Kier molecular flexibility index (Phi) is 5.24. The summed E-state index contributed by atoms with van der Waals surface area (Å²) in [7, 11) is 0. The lowest BCUT2D eigenvalue weighted by Crippen LogP contribution is -2.25. The number of rotatable bonds is 6. The molecule has 2 rings (SSSR count). The molecule has 120 valence electrons. The molecule has 0 aromatic carbocycles. The first-order valence-electron chi connectivity index (χ1n) is 7.36. The van der Waals surface area contributed by atoms with Crippen molar-refractivity contribution in [2.45, 2.75) is 52.6 Å². The van der Waals surface area contributed by atoms with Crippen LogP contribution in [0.3, 0.4) is 0 Å². The van der Waals surface area contributed by atoms with Crippen LogP contribution in [-0.2, 0) is 0 Å². The predicted octanol–water partition coefficient (Wildman–Crippen LogP) is 4.43. The molecule has 0 amide bonds. The maximum atomic E-state index is 12.5. The topological polar surface area (TPSA) is 51.0 Å². The molecule has 0 aliphatic carbocycles. The van der Waals surface area contributed by atoms with Crippen LogP contribution in [0.1, 0.15) is 67.1 Å². The normalized spacial score (nSPS) is 14.3. The van der Waals surface area contributed by atoms with Crippen LogP contribution in [0.2, 0.25) is 0 Å². The van der Waals surface area contributed by atoms with E-state index in [1.165, 1.54) is 12.3 Å². The lowest BCUT2D eigenvalue weighted by Gasteiger charge is -2.22. The van der Waals surface area contributed by atoms with Gasteiger partial charge in [-0.2, -0.15) is 0 Å². The molecule has 0 saturated heterocycles. The van der Waals surface area contributed by atoms with Crippen LogP contribution in [-0.4, -0.2) is 10.1 Å². The van der Waals surface area contributed by atoms with E-state index >= 15 is 0 Å². The fraction of sp³-hybridized carbons (Fsp3) is 0.500. The monoisotopic (exact) mass is 309 g/mol. The van der Waals surface area contributed by atoms with Gasteiger partial charge < -0.3 is 9.84 Å². The quantitative estimate of drug-likeness (QED) is 0.858. The van der Waals surface area contributed by atoms with Crippen LogP contribution in [0.4, 0.5) is 8.78 Å². The second kappa shape index (κ2) is 6.96. The van der Waals surface area contributed by atoms with Crippen molar-refractivity contribution >= 4 is 0 Å². The Morgan fingerprint density at radius 1 is 1.27 bits per heavy atom. The molecular formula is C16H21F2N3O. The number of aryl methyl sites for hydroxylation is 2. The predicted molar refractivity (Wildman–Crippen MR) is 79.8 cm³/mol. The standard InChI is InChI=1S/C16H21F2N3O/c1-5-13(15-10(3)21-22-11(15)4)20-9(2)12-6-7-14(16(17)18)19-8-12/h6-9,13,16,20H,5H2,1-4H3. The molecule has 0 spiro atoms. The third kappa shape index (κ3) is 3.50. The summed E-state index contributed by atoms with van der Waals surface area (Å²) in [6.07, 6.45) is -0.169. The molecule has 0 saturated carbocycles. The van der Waals surface area contributed by atoms with Gasteiger partial charge in [0.05, 0.1) is 5.69 Å². The van der Waals surface area contributed by atoms with Crippen LogP contribution in [0.5, 0.6) is 0 Å². The van der Waals surface area contributed by atoms with Gasteiger partial charge >= 0.3 is 0 Å². The van der Waals surface area contributed by atoms with Crippen molar-refractivity contribution in [3.63, 3.8) is 0 Å². The molecular weight excluding hydrogens is 288 g/mol. The third-order valence-corrected chi connectivity index (χ3v) is 3.83. The fourth-order valence-corrected chi connectivity index (χ4v) is 2.59. The first-order chi connectivity index (χ1) is 10.4. The van der Waals surface area contributed by atoms with E-state index in [9.17, 15) is 8.78 Å². The molecule has 6 heteroatoms. The van der Waals surface area contributed by atoms with E-state index in [1.54, 1.807) is 6.07 Å². The van der Waals surface area contributed by atoms with Gasteiger partial charge in [-0.3, -0.25) is 4.98 Å². The summed E-state index contributed by atoms with van der Waals surface area (Å²) < 4.78 is 30.3. The average Bonchev–Trinajstić information content (AvgIpc) is 2.84. The maximum absolute atomic E-state index is 12.5. The van der Waals surface area contributed by atoms with Gasteiger partial charge in [0, 0.05) is 23.8 Å². The van der Waals surface area contributed by atoms with Gasteiger partial charge in [-0.25, -0.2) is 8.78 Å². The summed E-state index contributed by atoms with van der Waals surface area (Å²) in [5.74, 6) is 0.801. The number of aromatic nitrogens is 2. The third-order valence-electron chi connectivity index (χ3n) is 3.83. The van der Waals surface area contributed by atoms with Crippen LogP contribution >= 0.6 is 0 Å². The van der Waals surface area contributed by atoms with Gasteiger partial charge in [0.15, 0.2) is 0 Å². The van der Waals surface area contributed by atoms with Crippen LogP contribution in [0.25, 0.3) is 0 Å². The number of alkyl halides is 2. The minimum Gasteiger partial charge on any atom is -0.361 e. The minimum absolute atomic E-state index is 0.0159. The van der Waals surface area contributed by atoms with Crippen molar-refractivity contribution in [3.8, 4) is 0 Å². The zero-order valence-electron chi connectivity index (χ0n) is 13.2. The van der Waals surface area contributed by atoms with Crippen LogP contribution in [0, 0.1) is 13.8 Å². The van der Waals surface area contributed by atoms with Gasteiger partial charge in [0.25, 0.3) is 6.43 Å². The molecule has 2 aromatic heterocycles. The summed E-state index contributed by atoms with van der Waals surface area (Å²) in [5, 5.41) is 7.47. The number of hydrogen-bond acceptors (Lipinski definition) is 4. The molecule has 0 radical (unpaired) electrons. The van der Waals surface area contributed by atoms with Gasteiger partial charge in [0.1, 0.15) is 11.5 Å². The zero-order chi connectivity index (χ0) is 16.3.